The van der Waals surface area contributed by atoms with Gasteiger partial charge in [0.05, 0.1) is 5.92 Å². The van der Waals surface area contributed by atoms with E-state index in [2.05, 4.69) is 10.1 Å². The number of thiophene rings is 1. The second kappa shape index (κ2) is 5.02. The predicted octanol–water partition coefficient (Wildman–Crippen LogP) is 2.95. The molecule has 0 aromatic carbocycles. The summed E-state index contributed by atoms with van der Waals surface area (Å²) in [6.07, 6.45) is 4.24. The van der Waals surface area contributed by atoms with Gasteiger partial charge < -0.3 is 4.52 Å². The number of Topliss-reactive ketones (excluding diaryl/α,β-unsaturated/α-hetero) is 1. The van der Waals surface area contributed by atoms with E-state index in [4.69, 9.17) is 4.52 Å². The van der Waals surface area contributed by atoms with Crippen LogP contribution in [0.5, 0.6) is 0 Å². The van der Waals surface area contributed by atoms with Gasteiger partial charge in [0.2, 0.25) is 5.89 Å². The molecule has 94 valence electrons. The number of hydrogen-bond acceptors (Lipinski definition) is 5. The SMILES string of the molecule is O=C1CCCCC1c1nc(Cc2cccs2)no1. The molecule has 0 amide bonds. The lowest BCUT2D eigenvalue weighted by Gasteiger charge is -2.16. The lowest BCUT2D eigenvalue weighted by atomic mass is 9.88. The van der Waals surface area contributed by atoms with Gasteiger partial charge in [-0.05, 0) is 24.3 Å². The zero-order valence-electron chi connectivity index (χ0n) is 9.96. The predicted molar refractivity (Wildman–Crippen MR) is 67.6 cm³/mol. The van der Waals surface area contributed by atoms with Gasteiger partial charge in [-0.25, -0.2) is 0 Å². The third-order valence-electron chi connectivity index (χ3n) is 3.25. The van der Waals surface area contributed by atoms with Crippen LogP contribution in [0.1, 0.15) is 48.2 Å². The fourth-order valence-corrected chi connectivity index (χ4v) is 3.00. The first kappa shape index (κ1) is 11.6. The maximum atomic E-state index is 11.8. The third kappa shape index (κ3) is 2.36. The highest BCUT2D eigenvalue weighted by atomic mass is 32.1. The van der Waals surface area contributed by atoms with Crippen molar-refractivity contribution in [1.29, 1.82) is 0 Å². The van der Waals surface area contributed by atoms with E-state index in [-0.39, 0.29) is 11.7 Å². The molecule has 2 aromatic rings. The molecular formula is C13H14N2O2S. The molecule has 1 saturated carbocycles. The molecule has 1 aliphatic carbocycles. The molecule has 0 radical (unpaired) electrons. The molecule has 2 aromatic heterocycles. The summed E-state index contributed by atoms with van der Waals surface area (Å²) >= 11 is 1.67. The normalized spacial score (nSPS) is 20.2. The number of aromatic nitrogens is 2. The van der Waals surface area contributed by atoms with Crippen molar-refractivity contribution < 1.29 is 9.32 Å². The summed E-state index contributed by atoms with van der Waals surface area (Å²) in [4.78, 5) is 17.4. The molecular weight excluding hydrogens is 248 g/mol. The monoisotopic (exact) mass is 262 g/mol. The molecule has 0 bridgehead atoms. The molecule has 0 aliphatic heterocycles. The Morgan fingerprint density at radius 2 is 2.39 bits per heavy atom. The summed E-state index contributed by atoms with van der Waals surface area (Å²) in [5, 5.41) is 6.00. The Bertz CT molecular complexity index is 533. The number of hydrogen-bond donors (Lipinski definition) is 0. The van der Waals surface area contributed by atoms with Crippen LogP contribution in [-0.4, -0.2) is 15.9 Å². The van der Waals surface area contributed by atoms with Crippen LogP contribution in [0.3, 0.4) is 0 Å². The first-order chi connectivity index (χ1) is 8.83. The average Bonchev–Trinajstić information content (AvgIpc) is 3.02. The van der Waals surface area contributed by atoms with Crippen molar-refractivity contribution >= 4 is 17.1 Å². The fourth-order valence-electron chi connectivity index (χ4n) is 2.29. The number of rotatable bonds is 3. The van der Waals surface area contributed by atoms with Gasteiger partial charge in [0, 0.05) is 17.7 Å². The minimum atomic E-state index is -0.164. The summed E-state index contributed by atoms with van der Waals surface area (Å²) in [5.41, 5.74) is 0. The topological polar surface area (TPSA) is 56.0 Å². The van der Waals surface area contributed by atoms with Gasteiger partial charge in [0.25, 0.3) is 0 Å². The van der Waals surface area contributed by atoms with Gasteiger partial charge in [-0.3, -0.25) is 4.79 Å². The van der Waals surface area contributed by atoms with Gasteiger partial charge >= 0.3 is 0 Å². The molecule has 3 rings (SSSR count). The molecule has 1 fully saturated rings. The van der Waals surface area contributed by atoms with E-state index in [9.17, 15) is 4.79 Å². The largest absolute Gasteiger partial charge is 0.339 e. The molecule has 0 spiro atoms. The van der Waals surface area contributed by atoms with Gasteiger partial charge in [0.1, 0.15) is 5.78 Å². The van der Waals surface area contributed by atoms with E-state index in [1.54, 1.807) is 11.3 Å². The number of ketones is 1. The summed E-state index contributed by atoms with van der Waals surface area (Å²) in [6.45, 7) is 0. The van der Waals surface area contributed by atoms with E-state index in [0.717, 1.165) is 19.3 Å². The van der Waals surface area contributed by atoms with E-state index < -0.39 is 0 Å². The molecule has 1 aliphatic rings. The number of carbonyl (C=O) groups excluding carboxylic acids is 1. The molecule has 2 heterocycles. The maximum absolute atomic E-state index is 11.8. The molecule has 4 nitrogen and oxygen atoms in total. The Morgan fingerprint density at radius 1 is 1.44 bits per heavy atom. The Labute approximate surface area is 109 Å². The lowest BCUT2D eigenvalue weighted by molar-refractivity contribution is -0.122. The second-order valence-corrected chi connectivity index (χ2v) is 5.60. The first-order valence-corrected chi connectivity index (χ1v) is 7.08. The van der Waals surface area contributed by atoms with Crippen LogP contribution < -0.4 is 0 Å². The van der Waals surface area contributed by atoms with Gasteiger partial charge in [-0.15, -0.1) is 11.3 Å². The highest BCUT2D eigenvalue weighted by Gasteiger charge is 2.28. The van der Waals surface area contributed by atoms with E-state index in [0.29, 0.717) is 24.6 Å². The molecule has 1 unspecified atom stereocenters. The van der Waals surface area contributed by atoms with Gasteiger partial charge in [-0.1, -0.05) is 17.6 Å². The van der Waals surface area contributed by atoms with Crippen LogP contribution in [0.15, 0.2) is 22.0 Å². The summed E-state index contributed by atoms with van der Waals surface area (Å²) < 4.78 is 5.25. The minimum Gasteiger partial charge on any atom is -0.339 e. The standard InChI is InChI=1S/C13H14N2O2S/c16-11-6-2-1-5-10(11)13-14-12(15-17-13)8-9-4-3-7-18-9/h3-4,7,10H,1-2,5-6,8H2. The molecule has 18 heavy (non-hydrogen) atoms. The van der Waals surface area contributed by atoms with Crippen molar-refractivity contribution in [2.75, 3.05) is 0 Å². The average molecular weight is 262 g/mol. The Balaban J connectivity index is 1.74. The minimum absolute atomic E-state index is 0.164. The molecule has 0 saturated heterocycles. The summed E-state index contributed by atoms with van der Waals surface area (Å²) in [7, 11) is 0. The van der Waals surface area contributed by atoms with E-state index in [1.807, 2.05) is 17.5 Å². The van der Waals surface area contributed by atoms with Gasteiger partial charge in [0.15, 0.2) is 5.82 Å². The van der Waals surface area contributed by atoms with Crippen molar-refractivity contribution in [2.45, 2.75) is 38.0 Å². The van der Waals surface area contributed by atoms with Crippen molar-refractivity contribution in [3.63, 3.8) is 0 Å². The number of carbonyl (C=O) groups is 1. The molecule has 0 N–H and O–H groups in total. The van der Waals surface area contributed by atoms with Crippen LogP contribution in [-0.2, 0) is 11.2 Å². The van der Waals surface area contributed by atoms with Crippen molar-refractivity contribution in [1.82, 2.24) is 10.1 Å². The van der Waals surface area contributed by atoms with Crippen molar-refractivity contribution in [2.24, 2.45) is 0 Å². The Morgan fingerprint density at radius 3 is 3.17 bits per heavy atom. The van der Waals surface area contributed by atoms with Crippen LogP contribution in [0.25, 0.3) is 0 Å². The lowest BCUT2D eigenvalue weighted by Crippen LogP contribution is -2.17. The number of nitrogens with zero attached hydrogens (tertiary/aromatic N) is 2. The second-order valence-electron chi connectivity index (χ2n) is 4.57. The maximum Gasteiger partial charge on any atom is 0.237 e. The van der Waals surface area contributed by atoms with Crippen LogP contribution in [0.2, 0.25) is 0 Å². The third-order valence-corrected chi connectivity index (χ3v) is 4.13. The van der Waals surface area contributed by atoms with Crippen LogP contribution in [0.4, 0.5) is 0 Å². The Kier molecular flexibility index (Phi) is 3.23. The van der Waals surface area contributed by atoms with E-state index in [1.165, 1.54) is 4.88 Å². The van der Waals surface area contributed by atoms with Crippen LogP contribution in [0, 0.1) is 0 Å². The van der Waals surface area contributed by atoms with Crippen molar-refractivity contribution in [3.8, 4) is 0 Å². The fraction of sp³-hybridized carbons (Fsp3) is 0.462. The highest BCUT2D eigenvalue weighted by molar-refractivity contribution is 7.09. The molecule has 5 heteroatoms. The van der Waals surface area contributed by atoms with Crippen LogP contribution >= 0.6 is 11.3 Å². The van der Waals surface area contributed by atoms with Crippen molar-refractivity contribution in [3.05, 3.63) is 34.1 Å². The smallest absolute Gasteiger partial charge is 0.237 e. The van der Waals surface area contributed by atoms with Gasteiger partial charge in [-0.2, -0.15) is 4.98 Å². The Hall–Kier alpha value is -1.49. The summed E-state index contributed by atoms with van der Waals surface area (Å²) in [5.74, 6) is 1.26. The first-order valence-electron chi connectivity index (χ1n) is 6.20. The highest BCUT2D eigenvalue weighted by Crippen LogP contribution is 2.29. The quantitative estimate of drug-likeness (QED) is 0.853. The zero-order chi connectivity index (χ0) is 12.4. The molecule has 1 atom stereocenters. The van der Waals surface area contributed by atoms with E-state index >= 15 is 0 Å². The summed E-state index contributed by atoms with van der Waals surface area (Å²) in [6, 6.07) is 4.05. The zero-order valence-corrected chi connectivity index (χ0v) is 10.8.